The molecule has 0 aliphatic carbocycles. The molecule has 2 N–H and O–H groups in total. The molecule has 0 aliphatic heterocycles. The quantitative estimate of drug-likeness (QED) is 0.590. The fourth-order valence-corrected chi connectivity index (χ4v) is 2.49. The smallest absolute Gasteiger partial charge is 0.280 e. The summed E-state index contributed by atoms with van der Waals surface area (Å²) in [6.07, 6.45) is 2.77. The number of aromatic hydroxyl groups is 1. The van der Waals surface area contributed by atoms with E-state index < -0.39 is 7.04 Å². The Kier molecular flexibility index (Phi) is 2.19. The molecule has 0 fully saturated rings. The Labute approximate surface area is 134 Å². The van der Waals surface area contributed by atoms with Crippen LogP contribution in [0.4, 0.5) is 0 Å². The predicted octanol–water partition coefficient (Wildman–Crippen LogP) is 1.98. The molecule has 0 spiro atoms. The molecule has 114 valence electrons. The van der Waals surface area contributed by atoms with Crippen LogP contribution in [0.5, 0.6) is 11.6 Å². The van der Waals surface area contributed by atoms with Gasteiger partial charge in [-0.2, -0.15) is 0 Å². The molecule has 0 atom stereocenters. The maximum absolute atomic E-state index is 12.6. The van der Waals surface area contributed by atoms with Gasteiger partial charge in [-0.25, -0.2) is 9.67 Å². The molecule has 4 aromatic rings. The first-order valence-electron chi connectivity index (χ1n) is 8.20. The van der Waals surface area contributed by atoms with E-state index in [1.165, 1.54) is 41.3 Å². The number of pyridine rings is 2. The van der Waals surface area contributed by atoms with Crippen LogP contribution in [0.2, 0.25) is 0 Å². The fraction of sp³-hybridized carbons (Fsp3) is 0.0625. The van der Waals surface area contributed by atoms with Gasteiger partial charge in [0.1, 0.15) is 5.75 Å². The summed E-state index contributed by atoms with van der Waals surface area (Å²) < 4.78 is 27.2. The number of rotatable bonds is 2. The summed E-state index contributed by atoms with van der Waals surface area (Å²) in [6, 6.07) is 7.58. The van der Waals surface area contributed by atoms with Crippen molar-refractivity contribution in [2.45, 2.75) is 0 Å². The summed E-state index contributed by atoms with van der Waals surface area (Å²) in [4.78, 5) is 20.8. The Morgan fingerprint density at radius 1 is 1.22 bits per heavy atom. The molecule has 1 aromatic carbocycles. The average Bonchev–Trinajstić information content (AvgIpc) is 2.91. The van der Waals surface area contributed by atoms with E-state index in [9.17, 15) is 9.90 Å². The standard InChI is InChI=1S/C16H12N4O3/c1-23-14-5-2-9(7-18-14)20-16(22)12-8-17-13-6-10(21)3-4-11(13)15(12)19-20/h2-8,19,21H,1H3/i1D3. The Hall–Kier alpha value is -3.35. The highest BCUT2D eigenvalue weighted by molar-refractivity contribution is 6.03. The second-order valence-electron chi connectivity index (χ2n) is 4.96. The summed E-state index contributed by atoms with van der Waals surface area (Å²) in [5, 5.41) is 13.6. The molecule has 3 heterocycles. The lowest BCUT2D eigenvalue weighted by molar-refractivity contribution is 0.397. The van der Waals surface area contributed by atoms with E-state index in [0.717, 1.165) is 0 Å². The minimum absolute atomic E-state index is 0.0690. The van der Waals surface area contributed by atoms with E-state index in [4.69, 9.17) is 8.85 Å². The average molecular weight is 311 g/mol. The zero-order chi connectivity index (χ0) is 18.5. The van der Waals surface area contributed by atoms with Gasteiger partial charge in [0.25, 0.3) is 5.56 Å². The molecule has 3 aromatic heterocycles. The van der Waals surface area contributed by atoms with Crippen molar-refractivity contribution in [2.24, 2.45) is 0 Å². The monoisotopic (exact) mass is 311 g/mol. The zero-order valence-corrected chi connectivity index (χ0v) is 11.6. The summed E-state index contributed by atoms with van der Waals surface area (Å²) in [6.45, 7) is 0. The summed E-state index contributed by atoms with van der Waals surface area (Å²) in [5.74, 6) is 0.0145. The van der Waals surface area contributed by atoms with Crippen molar-refractivity contribution in [3.05, 3.63) is 53.1 Å². The number of nitrogens with zero attached hydrogens (tertiary/aromatic N) is 3. The van der Waals surface area contributed by atoms with Crippen LogP contribution in [0, 0.1) is 0 Å². The highest BCUT2D eigenvalue weighted by Crippen LogP contribution is 2.24. The van der Waals surface area contributed by atoms with Crippen LogP contribution in [-0.2, 0) is 0 Å². The van der Waals surface area contributed by atoms with Crippen molar-refractivity contribution in [3.8, 4) is 17.3 Å². The highest BCUT2D eigenvalue weighted by atomic mass is 16.5. The van der Waals surface area contributed by atoms with Crippen LogP contribution in [0.15, 0.2) is 47.5 Å². The number of phenols is 1. The predicted molar refractivity (Wildman–Crippen MR) is 85.2 cm³/mol. The molecule has 0 bridgehead atoms. The molecule has 0 saturated carbocycles. The van der Waals surface area contributed by atoms with E-state index in [0.29, 0.717) is 27.5 Å². The van der Waals surface area contributed by atoms with Crippen molar-refractivity contribution in [2.75, 3.05) is 7.04 Å². The number of hydrogen-bond donors (Lipinski definition) is 2. The Morgan fingerprint density at radius 2 is 2.13 bits per heavy atom. The van der Waals surface area contributed by atoms with E-state index in [-0.39, 0.29) is 17.2 Å². The molecular formula is C16H12N4O3. The fourth-order valence-electron chi connectivity index (χ4n) is 2.49. The molecular weight excluding hydrogens is 296 g/mol. The van der Waals surface area contributed by atoms with E-state index in [2.05, 4.69) is 15.1 Å². The molecule has 4 rings (SSSR count). The number of ether oxygens (including phenoxy) is 1. The first kappa shape index (κ1) is 10.4. The Morgan fingerprint density at radius 3 is 2.91 bits per heavy atom. The second kappa shape index (κ2) is 4.84. The summed E-state index contributed by atoms with van der Waals surface area (Å²) >= 11 is 0. The van der Waals surface area contributed by atoms with Crippen molar-refractivity contribution in [1.82, 2.24) is 19.7 Å². The molecule has 0 radical (unpaired) electrons. The minimum Gasteiger partial charge on any atom is -0.508 e. The number of H-pyrrole nitrogens is 1. The lowest BCUT2D eigenvalue weighted by atomic mass is 10.1. The molecule has 0 unspecified atom stereocenters. The van der Waals surface area contributed by atoms with Gasteiger partial charge in [0.15, 0.2) is 0 Å². The van der Waals surface area contributed by atoms with Gasteiger partial charge in [0.05, 0.1) is 39.5 Å². The number of hydrogen-bond acceptors (Lipinski definition) is 5. The number of aromatic nitrogens is 4. The second-order valence-corrected chi connectivity index (χ2v) is 4.96. The Balaban J connectivity index is 1.83. The van der Waals surface area contributed by atoms with Gasteiger partial charge in [-0.3, -0.25) is 14.9 Å². The molecule has 0 amide bonds. The maximum Gasteiger partial charge on any atom is 0.280 e. The van der Waals surface area contributed by atoms with Crippen LogP contribution in [0.25, 0.3) is 27.5 Å². The van der Waals surface area contributed by atoms with Gasteiger partial charge in [-0.15, -0.1) is 0 Å². The van der Waals surface area contributed by atoms with E-state index in [1.54, 1.807) is 6.07 Å². The zero-order valence-electron chi connectivity index (χ0n) is 14.6. The molecule has 23 heavy (non-hydrogen) atoms. The number of aromatic amines is 1. The minimum atomic E-state index is -2.59. The van der Waals surface area contributed by atoms with Gasteiger partial charge in [0, 0.05) is 23.7 Å². The van der Waals surface area contributed by atoms with Crippen LogP contribution in [0.1, 0.15) is 4.11 Å². The number of benzene rings is 1. The van der Waals surface area contributed by atoms with Crippen LogP contribution in [-0.4, -0.2) is 31.9 Å². The third-order valence-electron chi connectivity index (χ3n) is 3.59. The van der Waals surface area contributed by atoms with Crippen LogP contribution < -0.4 is 10.3 Å². The van der Waals surface area contributed by atoms with Crippen molar-refractivity contribution in [1.29, 1.82) is 0 Å². The van der Waals surface area contributed by atoms with Gasteiger partial charge in [0.2, 0.25) is 5.88 Å². The van der Waals surface area contributed by atoms with Gasteiger partial charge in [-0.05, 0) is 18.2 Å². The lowest BCUT2D eigenvalue weighted by Crippen LogP contribution is -2.14. The third kappa shape index (κ3) is 2.02. The van der Waals surface area contributed by atoms with Gasteiger partial charge >= 0.3 is 0 Å². The normalized spacial score (nSPS) is 13.7. The SMILES string of the molecule is [2H]C([2H])([2H])Oc1ccc(-n2[nH]c3c(cnc4cc(O)ccc43)c2=O)cn1. The highest BCUT2D eigenvalue weighted by Gasteiger charge is 2.12. The molecule has 7 nitrogen and oxygen atoms in total. The number of methoxy groups -OCH3 is 1. The van der Waals surface area contributed by atoms with E-state index >= 15 is 0 Å². The third-order valence-corrected chi connectivity index (χ3v) is 3.59. The number of nitrogens with one attached hydrogen (secondary N) is 1. The van der Waals surface area contributed by atoms with Gasteiger partial charge < -0.3 is 9.84 Å². The summed E-state index contributed by atoms with van der Waals surface area (Å²) in [7, 11) is -2.59. The number of fused-ring (bicyclic) bond motifs is 3. The summed E-state index contributed by atoms with van der Waals surface area (Å²) in [5.41, 5.74) is 1.21. The Bertz CT molecular complexity index is 1180. The van der Waals surface area contributed by atoms with Crippen molar-refractivity contribution >= 4 is 21.8 Å². The maximum atomic E-state index is 12.6. The topological polar surface area (TPSA) is 93.0 Å². The first-order valence-corrected chi connectivity index (χ1v) is 6.70. The molecule has 7 heteroatoms. The molecule has 0 saturated heterocycles. The number of phenolic OH excluding ortho intramolecular Hbond substituents is 1. The van der Waals surface area contributed by atoms with Crippen LogP contribution >= 0.6 is 0 Å². The van der Waals surface area contributed by atoms with Crippen LogP contribution in [0.3, 0.4) is 0 Å². The van der Waals surface area contributed by atoms with E-state index in [1.807, 2.05) is 0 Å². The van der Waals surface area contributed by atoms with Gasteiger partial charge in [-0.1, -0.05) is 0 Å². The first-order chi connectivity index (χ1) is 12.3. The van der Waals surface area contributed by atoms with Crippen molar-refractivity contribution < 1.29 is 14.0 Å². The molecule has 0 aliphatic rings. The van der Waals surface area contributed by atoms with Crippen molar-refractivity contribution in [3.63, 3.8) is 0 Å². The lowest BCUT2D eigenvalue weighted by Gasteiger charge is -2.02. The largest absolute Gasteiger partial charge is 0.508 e.